The number of nitrogens with zero attached hydrogens (tertiary/aromatic N) is 1. The molecule has 0 spiro atoms. The molecule has 1 amide bonds. The minimum absolute atomic E-state index is 0.228. The molecule has 0 saturated carbocycles. The van der Waals surface area contributed by atoms with E-state index in [1.54, 1.807) is 20.8 Å². The first-order chi connectivity index (χ1) is 9.81. The lowest BCUT2D eigenvalue weighted by Gasteiger charge is -2.19. The zero-order valence-corrected chi connectivity index (χ0v) is 12.3. The number of carbonyl (C=O) groups excluding carboxylic acids is 1. The van der Waals surface area contributed by atoms with Crippen LogP contribution in [0.3, 0.4) is 0 Å². The number of carbonyl (C=O) groups is 1. The minimum atomic E-state index is -0.540. The van der Waals surface area contributed by atoms with Crippen LogP contribution in [0.4, 0.5) is 9.18 Å². The maximum absolute atomic E-state index is 13.5. The van der Waals surface area contributed by atoms with Crippen molar-refractivity contribution in [3.8, 4) is 17.9 Å². The molecule has 0 radical (unpaired) electrons. The van der Waals surface area contributed by atoms with E-state index in [9.17, 15) is 9.18 Å². The fourth-order valence-corrected chi connectivity index (χ4v) is 1.38. The molecule has 0 saturated heterocycles. The van der Waals surface area contributed by atoms with Gasteiger partial charge in [-0.05, 0) is 39.0 Å². The van der Waals surface area contributed by atoms with Crippen LogP contribution in [0, 0.1) is 29.0 Å². The molecule has 0 fully saturated rings. The van der Waals surface area contributed by atoms with Gasteiger partial charge in [0.15, 0.2) is 0 Å². The van der Waals surface area contributed by atoms with Gasteiger partial charge in [-0.25, -0.2) is 9.18 Å². The fraction of sp³-hybridized carbons (Fsp3) is 0.375. The van der Waals surface area contributed by atoms with Gasteiger partial charge in [0, 0.05) is 13.0 Å². The van der Waals surface area contributed by atoms with E-state index in [4.69, 9.17) is 10.00 Å². The molecule has 1 aromatic rings. The average Bonchev–Trinajstić information content (AvgIpc) is 2.37. The third-order valence-corrected chi connectivity index (χ3v) is 2.24. The molecular weight excluding hydrogens is 271 g/mol. The quantitative estimate of drug-likeness (QED) is 0.672. The van der Waals surface area contributed by atoms with Crippen LogP contribution in [0.15, 0.2) is 18.2 Å². The van der Waals surface area contributed by atoms with Crippen LogP contribution in [0.2, 0.25) is 0 Å². The van der Waals surface area contributed by atoms with Gasteiger partial charge in [0.1, 0.15) is 11.4 Å². The molecule has 0 atom stereocenters. The van der Waals surface area contributed by atoms with E-state index < -0.39 is 17.5 Å². The SMILES string of the molecule is CC(C)(C)OC(=O)NCCC#Cc1ccc(C#N)cc1F. The molecule has 0 aliphatic rings. The molecule has 0 aromatic heterocycles. The summed E-state index contributed by atoms with van der Waals surface area (Å²) >= 11 is 0. The Bertz CT molecular complexity index is 616. The number of rotatable bonds is 2. The molecule has 1 N–H and O–H groups in total. The summed E-state index contributed by atoms with van der Waals surface area (Å²) in [7, 11) is 0. The number of nitrogens with one attached hydrogen (secondary N) is 1. The van der Waals surface area contributed by atoms with Crippen molar-refractivity contribution in [1.82, 2.24) is 5.32 Å². The Morgan fingerprint density at radius 1 is 1.43 bits per heavy atom. The van der Waals surface area contributed by atoms with Crippen molar-refractivity contribution in [2.24, 2.45) is 0 Å². The van der Waals surface area contributed by atoms with Crippen LogP contribution in [0.1, 0.15) is 38.3 Å². The zero-order valence-electron chi connectivity index (χ0n) is 12.3. The third kappa shape index (κ3) is 6.44. The van der Waals surface area contributed by atoms with Crippen LogP contribution in [0.5, 0.6) is 0 Å². The predicted octanol–water partition coefficient (Wildman–Crippen LogP) is 2.96. The summed E-state index contributed by atoms with van der Waals surface area (Å²) in [5.41, 5.74) is -0.0580. The number of amides is 1. The van der Waals surface area contributed by atoms with Gasteiger partial charge in [0.25, 0.3) is 0 Å². The molecule has 0 heterocycles. The van der Waals surface area contributed by atoms with E-state index in [0.29, 0.717) is 13.0 Å². The molecule has 0 unspecified atom stereocenters. The van der Waals surface area contributed by atoms with Crippen LogP contribution < -0.4 is 5.32 Å². The van der Waals surface area contributed by atoms with Crippen molar-refractivity contribution in [2.75, 3.05) is 6.54 Å². The highest BCUT2D eigenvalue weighted by Crippen LogP contribution is 2.08. The van der Waals surface area contributed by atoms with Crippen molar-refractivity contribution >= 4 is 6.09 Å². The van der Waals surface area contributed by atoms with Crippen molar-refractivity contribution in [1.29, 1.82) is 5.26 Å². The summed E-state index contributed by atoms with van der Waals surface area (Å²) in [5.74, 6) is 4.89. The molecule has 21 heavy (non-hydrogen) atoms. The predicted molar refractivity (Wildman–Crippen MR) is 76.8 cm³/mol. The molecule has 0 aliphatic heterocycles. The Morgan fingerprint density at radius 3 is 2.71 bits per heavy atom. The second-order valence-corrected chi connectivity index (χ2v) is 5.29. The zero-order chi connectivity index (χ0) is 15.9. The number of hydrogen-bond acceptors (Lipinski definition) is 3. The van der Waals surface area contributed by atoms with Crippen LogP contribution in [-0.2, 0) is 4.74 Å². The standard InChI is InChI=1S/C16H17FN2O2/c1-16(2,3)21-15(20)19-9-5-4-6-13-8-7-12(11-18)10-14(13)17/h7-8,10H,5,9H2,1-3H3,(H,19,20). The lowest BCUT2D eigenvalue weighted by molar-refractivity contribution is 0.0529. The Hall–Kier alpha value is -2.53. The number of alkyl carbamates (subject to hydrolysis) is 1. The van der Waals surface area contributed by atoms with Crippen LogP contribution >= 0.6 is 0 Å². The molecule has 0 aliphatic carbocycles. The number of nitriles is 1. The molecule has 1 rings (SSSR count). The lowest BCUT2D eigenvalue weighted by atomic mass is 10.1. The van der Waals surface area contributed by atoms with E-state index in [1.165, 1.54) is 12.1 Å². The Labute approximate surface area is 123 Å². The van der Waals surface area contributed by atoms with E-state index in [2.05, 4.69) is 17.2 Å². The number of hydrogen-bond donors (Lipinski definition) is 1. The van der Waals surface area contributed by atoms with E-state index in [0.717, 1.165) is 6.07 Å². The molecule has 4 nitrogen and oxygen atoms in total. The van der Waals surface area contributed by atoms with Gasteiger partial charge in [0.05, 0.1) is 17.2 Å². The average molecular weight is 288 g/mol. The molecule has 0 bridgehead atoms. The molecular formula is C16H17FN2O2. The monoisotopic (exact) mass is 288 g/mol. The van der Waals surface area contributed by atoms with Crippen molar-refractivity contribution in [2.45, 2.75) is 32.8 Å². The molecule has 1 aromatic carbocycles. The maximum atomic E-state index is 13.5. The molecule has 5 heteroatoms. The van der Waals surface area contributed by atoms with E-state index in [1.807, 2.05) is 6.07 Å². The van der Waals surface area contributed by atoms with Crippen molar-refractivity contribution < 1.29 is 13.9 Å². The topological polar surface area (TPSA) is 62.1 Å². The van der Waals surface area contributed by atoms with Crippen molar-refractivity contribution in [3.63, 3.8) is 0 Å². The summed E-state index contributed by atoms with van der Waals surface area (Å²) in [6.07, 6.45) is -0.132. The van der Waals surface area contributed by atoms with Gasteiger partial charge in [-0.1, -0.05) is 11.8 Å². The largest absolute Gasteiger partial charge is 0.444 e. The number of ether oxygens (including phenoxy) is 1. The summed E-state index contributed by atoms with van der Waals surface area (Å²) in [6, 6.07) is 5.96. The Kier molecular flexibility index (Phi) is 5.75. The first kappa shape index (κ1) is 16.5. The molecule has 110 valence electrons. The smallest absolute Gasteiger partial charge is 0.407 e. The van der Waals surface area contributed by atoms with Gasteiger partial charge >= 0.3 is 6.09 Å². The van der Waals surface area contributed by atoms with Crippen LogP contribution in [0.25, 0.3) is 0 Å². The summed E-state index contributed by atoms with van der Waals surface area (Å²) < 4.78 is 18.6. The highest BCUT2D eigenvalue weighted by molar-refractivity contribution is 5.67. The van der Waals surface area contributed by atoms with Crippen molar-refractivity contribution in [3.05, 3.63) is 35.1 Å². The highest BCUT2D eigenvalue weighted by atomic mass is 19.1. The second kappa shape index (κ2) is 7.31. The number of benzene rings is 1. The van der Waals surface area contributed by atoms with Gasteiger partial charge in [-0.3, -0.25) is 0 Å². The first-order valence-corrected chi connectivity index (χ1v) is 6.47. The summed E-state index contributed by atoms with van der Waals surface area (Å²) in [4.78, 5) is 11.3. The first-order valence-electron chi connectivity index (χ1n) is 6.47. The number of halogens is 1. The van der Waals surface area contributed by atoms with Crippen LogP contribution in [-0.4, -0.2) is 18.2 Å². The van der Waals surface area contributed by atoms with Gasteiger partial charge in [0.2, 0.25) is 0 Å². The fourth-order valence-electron chi connectivity index (χ4n) is 1.38. The third-order valence-electron chi connectivity index (χ3n) is 2.24. The Morgan fingerprint density at radius 2 is 2.14 bits per heavy atom. The van der Waals surface area contributed by atoms with Gasteiger partial charge < -0.3 is 10.1 Å². The van der Waals surface area contributed by atoms with E-state index >= 15 is 0 Å². The minimum Gasteiger partial charge on any atom is -0.444 e. The normalized spacial score (nSPS) is 10.0. The second-order valence-electron chi connectivity index (χ2n) is 5.29. The lowest BCUT2D eigenvalue weighted by Crippen LogP contribution is -2.32. The maximum Gasteiger partial charge on any atom is 0.407 e. The summed E-state index contributed by atoms with van der Waals surface area (Å²) in [6.45, 7) is 5.65. The van der Waals surface area contributed by atoms with Gasteiger partial charge in [-0.2, -0.15) is 5.26 Å². The Balaban J connectivity index is 2.44. The van der Waals surface area contributed by atoms with E-state index in [-0.39, 0.29) is 11.1 Å². The highest BCUT2D eigenvalue weighted by Gasteiger charge is 2.15. The summed E-state index contributed by atoms with van der Waals surface area (Å²) in [5, 5.41) is 11.2. The van der Waals surface area contributed by atoms with Gasteiger partial charge in [-0.15, -0.1) is 0 Å².